The van der Waals surface area contributed by atoms with Gasteiger partial charge in [-0.15, -0.1) is 0 Å². The molecule has 2 N–H and O–H groups in total. The van der Waals surface area contributed by atoms with Crippen LogP contribution in [-0.4, -0.2) is 17.4 Å². The normalized spacial score (nSPS) is 11.6. The number of hydrogen-bond acceptors (Lipinski definition) is 1. The summed E-state index contributed by atoms with van der Waals surface area (Å²) in [6.07, 6.45) is 2.29. The van der Waals surface area contributed by atoms with Crippen molar-refractivity contribution >= 4 is 28.4 Å². The van der Waals surface area contributed by atoms with Crippen LogP contribution in [0.15, 0.2) is 54.7 Å². The van der Waals surface area contributed by atoms with Crippen LogP contribution in [0, 0.1) is 0 Å². The van der Waals surface area contributed by atoms with Crippen molar-refractivity contribution in [3.63, 3.8) is 0 Å². The van der Waals surface area contributed by atoms with Gasteiger partial charge >= 0.3 is 0 Å². The minimum Gasteiger partial charge on any atom is -0.361 e. The molecule has 0 aliphatic rings. The Kier molecular flexibility index (Phi) is 4.63. The van der Waals surface area contributed by atoms with Crippen molar-refractivity contribution < 1.29 is 4.79 Å². The van der Waals surface area contributed by atoms with E-state index in [1.165, 1.54) is 0 Å². The summed E-state index contributed by atoms with van der Waals surface area (Å²) in [6.45, 7) is 4.81. The number of H-pyrrole nitrogens is 1. The number of carbonyl (C=O) groups excluding carboxylic acids is 1. The molecule has 0 aliphatic heterocycles. The topological polar surface area (TPSA) is 44.9 Å². The van der Waals surface area contributed by atoms with Gasteiger partial charge in [0, 0.05) is 34.1 Å². The van der Waals surface area contributed by atoms with Crippen molar-refractivity contribution in [3.8, 4) is 0 Å². The van der Waals surface area contributed by atoms with E-state index < -0.39 is 0 Å². The number of halogens is 1. The average molecular weight is 341 g/mol. The van der Waals surface area contributed by atoms with Crippen LogP contribution < -0.4 is 5.32 Å². The number of benzene rings is 2. The third-order valence-corrected chi connectivity index (χ3v) is 4.63. The number of hydrogen-bond donors (Lipinski definition) is 2. The Bertz CT molecular complexity index is 849. The number of para-hydroxylation sites is 1. The van der Waals surface area contributed by atoms with Gasteiger partial charge in [0.1, 0.15) is 0 Å². The molecule has 3 aromatic rings. The summed E-state index contributed by atoms with van der Waals surface area (Å²) in [5.74, 6) is 0.0294. The summed E-state index contributed by atoms with van der Waals surface area (Å²) >= 11 is 5.94. The Labute approximate surface area is 147 Å². The number of aromatic nitrogens is 1. The fourth-order valence-corrected chi connectivity index (χ4v) is 2.96. The molecule has 0 spiro atoms. The van der Waals surface area contributed by atoms with Gasteiger partial charge in [0.2, 0.25) is 5.91 Å². The smallest absolute Gasteiger partial charge is 0.224 e. The summed E-state index contributed by atoms with van der Waals surface area (Å²) in [5, 5.41) is 4.87. The Morgan fingerprint density at radius 1 is 1.12 bits per heavy atom. The van der Waals surface area contributed by atoms with Gasteiger partial charge in [-0.25, -0.2) is 0 Å². The Hall–Kier alpha value is -2.26. The van der Waals surface area contributed by atoms with Crippen LogP contribution in [0.2, 0.25) is 5.02 Å². The summed E-state index contributed by atoms with van der Waals surface area (Å²) in [5.41, 5.74) is 3.08. The molecule has 1 aromatic heterocycles. The second-order valence-electron chi connectivity index (χ2n) is 6.70. The van der Waals surface area contributed by atoms with E-state index in [1.54, 1.807) is 0 Å². The lowest BCUT2D eigenvalue weighted by Crippen LogP contribution is -2.37. The molecule has 2 aromatic carbocycles. The van der Waals surface area contributed by atoms with Gasteiger partial charge in [0.15, 0.2) is 0 Å². The lowest BCUT2D eigenvalue weighted by molar-refractivity contribution is -0.120. The zero-order valence-electron chi connectivity index (χ0n) is 13.9. The third kappa shape index (κ3) is 3.62. The molecule has 0 saturated heterocycles. The predicted molar refractivity (Wildman–Crippen MR) is 99.5 cm³/mol. The van der Waals surface area contributed by atoms with Gasteiger partial charge in [-0.05, 0) is 29.3 Å². The number of carbonyl (C=O) groups is 1. The van der Waals surface area contributed by atoms with E-state index in [9.17, 15) is 4.79 Å². The summed E-state index contributed by atoms with van der Waals surface area (Å²) in [7, 11) is 0. The Morgan fingerprint density at radius 3 is 2.58 bits per heavy atom. The van der Waals surface area contributed by atoms with E-state index in [4.69, 9.17) is 11.6 Å². The first-order chi connectivity index (χ1) is 11.5. The number of rotatable bonds is 5. The van der Waals surface area contributed by atoms with Crippen LogP contribution in [0.4, 0.5) is 0 Å². The van der Waals surface area contributed by atoms with Crippen LogP contribution in [0.5, 0.6) is 0 Å². The van der Waals surface area contributed by atoms with Crippen molar-refractivity contribution in [3.05, 3.63) is 70.9 Å². The maximum Gasteiger partial charge on any atom is 0.224 e. The maximum absolute atomic E-state index is 12.3. The van der Waals surface area contributed by atoms with Gasteiger partial charge in [0.05, 0.1) is 6.42 Å². The lowest BCUT2D eigenvalue weighted by Gasteiger charge is -2.25. The highest BCUT2D eigenvalue weighted by Crippen LogP contribution is 2.24. The van der Waals surface area contributed by atoms with E-state index in [0.29, 0.717) is 13.0 Å². The molecule has 0 aliphatic carbocycles. The summed E-state index contributed by atoms with van der Waals surface area (Å²) in [6, 6.07) is 15.8. The molecule has 1 heterocycles. The second-order valence-corrected chi connectivity index (χ2v) is 7.14. The van der Waals surface area contributed by atoms with Crippen LogP contribution >= 0.6 is 11.6 Å². The second kappa shape index (κ2) is 6.70. The SMILES string of the molecule is CC(C)(CNC(=O)Cc1c[nH]c2ccccc12)c1ccc(Cl)cc1. The van der Waals surface area contributed by atoms with E-state index in [0.717, 1.165) is 27.1 Å². The van der Waals surface area contributed by atoms with E-state index in [2.05, 4.69) is 24.1 Å². The largest absolute Gasteiger partial charge is 0.361 e. The minimum absolute atomic E-state index is 0.0294. The van der Waals surface area contributed by atoms with Gasteiger partial charge in [-0.2, -0.15) is 0 Å². The standard InChI is InChI=1S/C20H21ClN2O/c1-20(2,15-7-9-16(21)10-8-15)13-23-19(24)11-14-12-22-18-6-4-3-5-17(14)18/h3-10,12,22H,11,13H2,1-2H3,(H,23,24). The molecular weight excluding hydrogens is 320 g/mol. The van der Waals surface area contributed by atoms with Crippen LogP contribution in [-0.2, 0) is 16.6 Å². The van der Waals surface area contributed by atoms with Crippen LogP contribution in [0.1, 0.15) is 25.0 Å². The highest BCUT2D eigenvalue weighted by molar-refractivity contribution is 6.30. The third-order valence-electron chi connectivity index (χ3n) is 4.38. The highest BCUT2D eigenvalue weighted by Gasteiger charge is 2.21. The van der Waals surface area contributed by atoms with Crippen molar-refractivity contribution in [1.29, 1.82) is 0 Å². The zero-order chi connectivity index (χ0) is 17.2. The van der Waals surface area contributed by atoms with Gasteiger partial charge in [0.25, 0.3) is 0 Å². The summed E-state index contributed by atoms with van der Waals surface area (Å²) < 4.78 is 0. The van der Waals surface area contributed by atoms with Crippen molar-refractivity contribution in [1.82, 2.24) is 10.3 Å². The molecule has 0 radical (unpaired) electrons. The Morgan fingerprint density at radius 2 is 1.83 bits per heavy atom. The van der Waals surface area contributed by atoms with Crippen molar-refractivity contribution in [2.75, 3.05) is 6.54 Å². The Balaban J connectivity index is 1.63. The minimum atomic E-state index is -0.152. The molecule has 0 unspecified atom stereocenters. The number of nitrogens with one attached hydrogen (secondary N) is 2. The first-order valence-electron chi connectivity index (χ1n) is 8.03. The number of amides is 1. The zero-order valence-corrected chi connectivity index (χ0v) is 14.7. The average Bonchev–Trinajstić information content (AvgIpc) is 2.97. The van der Waals surface area contributed by atoms with Crippen molar-refractivity contribution in [2.24, 2.45) is 0 Å². The molecule has 24 heavy (non-hydrogen) atoms. The van der Waals surface area contributed by atoms with E-state index >= 15 is 0 Å². The molecule has 0 atom stereocenters. The molecule has 3 rings (SSSR count). The fourth-order valence-electron chi connectivity index (χ4n) is 2.84. The highest BCUT2D eigenvalue weighted by atomic mass is 35.5. The molecule has 1 amide bonds. The summed E-state index contributed by atoms with van der Waals surface area (Å²) in [4.78, 5) is 15.5. The number of aromatic amines is 1. The molecule has 0 fully saturated rings. The molecule has 3 nitrogen and oxygen atoms in total. The van der Waals surface area contributed by atoms with E-state index in [-0.39, 0.29) is 11.3 Å². The fraction of sp³-hybridized carbons (Fsp3) is 0.250. The van der Waals surface area contributed by atoms with Crippen LogP contribution in [0.3, 0.4) is 0 Å². The molecule has 124 valence electrons. The van der Waals surface area contributed by atoms with E-state index in [1.807, 2.05) is 54.7 Å². The first-order valence-corrected chi connectivity index (χ1v) is 8.41. The number of fused-ring (bicyclic) bond motifs is 1. The molecule has 0 saturated carbocycles. The molecule has 4 heteroatoms. The van der Waals surface area contributed by atoms with Crippen molar-refractivity contribution in [2.45, 2.75) is 25.7 Å². The predicted octanol–water partition coefficient (Wildman–Crippen LogP) is 4.46. The maximum atomic E-state index is 12.3. The molecular formula is C20H21ClN2O. The van der Waals surface area contributed by atoms with Gasteiger partial charge in [-0.3, -0.25) is 4.79 Å². The lowest BCUT2D eigenvalue weighted by atomic mass is 9.84. The molecule has 0 bridgehead atoms. The van der Waals surface area contributed by atoms with Gasteiger partial charge in [-0.1, -0.05) is 55.8 Å². The monoisotopic (exact) mass is 340 g/mol. The van der Waals surface area contributed by atoms with Gasteiger partial charge < -0.3 is 10.3 Å². The first kappa shape index (κ1) is 16.6. The quantitative estimate of drug-likeness (QED) is 0.707. The van der Waals surface area contributed by atoms with Crippen LogP contribution in [0.25, 0.3) is 10.9 Å².